The van der Waals surface area contributed by atoms with Gasteiger partial charge in [0.05, 0.1) is 0 Å². The Balaban J connectivity index is 1.56. The van der Waals surface area contributed by atoms with Crippen molar-refractivity contribution in [1.29, 1.82) is 0 Å². The standard InChI is InChI=1S/C17H22N2O/c18-10-12-5-3-9-19(12)17(20)16-14-8-7-11-4-1-2-6-13(11)15(14)16/h1-2,4,6,12,14-16H,3,5,7-10,18H2. The number of likely N-dealkylation sites (tertiary alicyclic amines) is 1. The molecule has 0 aromatic heterocycles. The zero-order valence-corrected chi connectivity index (χ0v) is 11.8. The van der Waals surface area contributed by atoms with Crippen molar-refractivity contribution in [3.8, 4) is 0 Å². The van der Waals surface area contributed by atoms with E-state index in [-0.39, 0.29) is 5.92 Å². The summed E-state index contributed by atoms with van der Waals surface area (Å²) in [5.41, 5.74) is 8.71. The average molecular weight is 270 g/mol. The van der Waals surface area contributed by atoms with Gasteiger partial charge in [-0.25, -0.2) is 0 Å². The summed E-state index contributed by atoms with van der Waals surface area (Å²) in [5.74, 6) is 1.71. The Hall–Kier alpha value is -1.35. The molecule has 2 fully saturated rings. The van der Waals surface area contributed by atoms with E-state index in [2.05, 4.69) is 29.2 Å². The lowest BCUT2D eigenvalue weighted by Gasteiger charge is -2.23. The summed E-state index contributed by atoms with van der Waals surface area (Å²) >= 11 is 0. The first-order chi connectivity index (χ1) is 9.81. The van der Waals surface area contributed by atoms with Crippen molar-refractivity contribution in [2.45, 2.75) is 37.6 Å². The van der Waals surface area contributed by atoms with Crippen LogP contribution in [0.2, 0.25) is 0 Å². The summed E-state index contributed by atoms with van der Waals surface area (Å²) in [6.45, 7) is 1.53. The number of aryl methyl sites for hydroxylation is 1. The normalized spacial score (nSPS) is 34.5. The maximum atomic E-state index is 12.8. The summed E-state index contributed by atoms with van der Waals surface area (Å²) in [6, 6.07) is 8.97. The first-order valence-corrected chi connectivity index (χ1v) is 7.89. The molecule has 0 spiro atoms. The number of nitrogens with two attached hydrogens (primary N) is 1. The van der Waals surface area contributed by atoms with Crippen molar-refractivity contribution in [2.75, 3.05) is 13.1 Å². The van der Waals surface area contributed by atoms with E-state index in [1.165, 1.54) is 17.5 Å². The third kappa shape index (κ3) is 1.72. The lowest BCUT2D eigenvalue weighted by Crippen LogP contribution is -2.41. The Morgan fingerprint density at radius 1 is 1.30 bits per heavy atom. The van der Waals surface area contributed by atoms with Crippen molar-refractivity contribution in [3.63, 3.8) is 0 Å². The highest BCUT2D eigenvalue weighted by Crippen LogP contribution is 2.60. The van der Waals surface area contributed by atoms with Crippen LogP contribution in [0.1, 0.15) is 36.3 Å². The number of hydrogen-bond donors (Lipinski definition) is 1. The van der Waals surface area contributed by atoms with Gasteiger partial charge in [0.25, 0.3) is 0 Å². The molecule has 1 aromatic carbocycles. The van der Waals surface area contributed by atoms with E-state index < -0.39 is 0 Å². The number of benzene rings is 1. The molecule has 3 aliphatic rings. The second-order valence-electron chi connectivity index (χ2n) is 6.52. The minimum atomic E-state index is 0.241. The topological polar surface area (TPSA) is 46.3 Å². The van der Waals surface area contributed by atoms with Gasteiger partial charge in [0.2, 0.25) is 5.91 Å². The second-order valence-corrected chi connectivity index (χ2v) is 6.52. The first kappa shape index (κ1) is 12.4. The van der Waals surface area contributed by atoms with Crippen molar-refractivity contribution in [2.24, 2.45) is 17.6 Å². The van der Waals surface area contributed by atoms with Gasteiger partial charge >= 0.3 is 0 Å². The monoisotopic (exact) mass is 270 g/mol. The average Bonchev–Trinajstić information content (AvgIpc) is 3.04. The molecule has 1 saturated carbocycles. The largest absolute Gasteiger partial charge is 0.338 e. The quantitative estimate of drug-likeness (QED) is 0.892. The van der Waals surface area contributed by atoms with Crippen LogP contribution < -0.4 is 5.73 Å². The molecule has 3 heteroatoms. The Kier molecular flexibility index (Phi) is 2.84. The molecule has 0 radical (unpaired) electrons. The van der Waals surface area contributed by atoms with E-state index in [0.717, 1.165) is 25.8 Å². The van der Waals surface area contributed by atoms with Crippen LogP contribution >= 0.6 is 0 Å². The highest BCUT2D eigenvalue weighted by Gasteiger charge is 2.58. The van der Waals surface area contributed by atoms with Crippen LogP contribution in [0.4, 0.5) is 0 Å². The van der Waals surface area contributed by atoms with E-state index in [0.29, 0.717) is 30.3 Å². The van der Waals surface area contributed by atoms with Gasteiger partial charge in [-0.15, -0.1) is 0 Å². The van der Waals surface area contributed by atoms with Crippen molar-refractivity contribution >= 4 is 5.91 Å². The number of hydrogen-bond acceptors (Lipinski definition) is 2. The van der Waals surface area contributed by atoms with Gasteiger partial charge in [-0.3, -0.25) is 4.79 Å². The minimum absolute atomic E-state index is 0.241. The van der Waals surface area contributed by atoms with E-state index in [9.17, 15) is 4.79 Å². The van der Waals surface area contributed by atoms with Crippen LogP contribution in [0.25, 0.3) is 0 Å². The predicted molar refractivity (Wildman–Crippen MR) is 78.3 cm³/mol. The van der Waals surface area contributed by atoms with Gasteiger partial charge < -0.3 is 10.6 Å². The minimum Gasteiger partial charge on any atom is -0.338 e. The van der Waals surface area contributed by atoms with Crippen LogP contribution in [0.15, 0.2) is 24.3 Å². The SMILES string of the molecule is NCC1CCCN1C(=O)C1C2CCc3ccccc3C21. The number of rotatable bonds is 2. The number of nitrogens with zero attached hydrogens (tertiary/aromatic N) is 1. The van der Waals surface area contributed by atoms with Crippen molar-refractivity contribution in [3.05, 3.63) is 35.4 Å². The molecule has 1 aliphatic heterocycles. The van der Waals surface area contributed by atoms with Gasteiger partial charge in [-0.1, -0.05) is 24.3 Å². The molecular formula is C17H22N2O. The lowest BCUT2D eigenvalue weighted by molar-refractivity contribution is -0.133. The highest BCUT2D eigenvalue weighted by molar-refractivity contribution is 5.84. The Morgan fingerprint density at radius 2 is 2.15 bits per heavy atom. The molecule has 2 aliphatic carbocycles. The van der Waals surface area contributed by atoms with Gasteiger partial charge in [-0.05, 0) is 48.6 Å². The smallest absolute Gasteiger partial charge is 0.226 e. The molecule has 106 valence electrons. The predicted octanol–water partition coefficient (Wildman–Crippen LogP) is 1.91. The fourth-order valence-corrected chi connectivity index (χ4v) is 4.47. The van der Waals surface area contributed by atoms with Crippen LogP contribution in [0, 0.1) is 11.8 Å². The molecule has 3 nitrogen and oxygen atoms in total. The summed E-state index contributed by atoms with van der Waals surface area (Å²) in [7, 11) is 0. The zero-order valence-electron chi connectivity index (χ0n) is 11.8. The number of fused-ring (bicyclic) bond motifs is 3. The molecular weight excluding hydrogens is 248 g/mol. The molecule has 2 N–H and O–H groups in total. The summed E-state index contributed by atoms with van der Waals surface area (Å²) < 4.78 is 0. The molecule has 0 bridgehead atoms. The molecule has 4 unspecified atom stereocenters. The third-order valence-corrected chi connectivity index (χ3v) is 5.55. The van der Waals surface area contributed by atoms with Gasteiger partial charge in [-0.2, -0.15) is 0 Å². The van der Waals surface area contributed by atoms with E-state index in [4.69, 9.17) is 5.73 Å². The van der Waals surface area contributed by atoms with Crippen LogP contribution in [0.3, 0.4) is 0 Å². The fraction of sp³-hybridized carbons (Fsp3) is 0.588. The van der Waals surface area contributed by atoms with Crippen molar-refractivity contribution in [1.82, 2.24) is 4.90 Å². The van der Waals surface area contributed by atoms with Crippen LogP contribution in [0.5, 0.6) is 0 Å². The molecule has 4 atom stereocenters. The lowest BCUT2D eigenvalue weighted by atomic mass is 9.92. The molecule has 1 amide bonds. The summed E-state index contributed by atoms with van der Waals surface area (Å²) in [5, 5.41) is 0. The first-order valence-electron chi connectivity index (χ1n) is 7.89. The Labute approximate surface area is 120 Å². The second kappa shape index (κ2) is 4.59. The molecule has 1 aromatic rings. The third-order valence-electron chi connectivity index (χ3n) is 5.55. The Morgan fingerprint density at radius 3 is 3.00 bits per heavy atom. The van der Waals surface area contributed by atoms with Gasteiger partial charge in [0, 0.05) is 25.0 Å². The highest BCUT2D eigenvalue weighted by atomic mass is 16.2. The van der Waals surface area contributed by atoms with Crippen LogP contribution in [-0.2, 0) is 11.2 Å². The van der Waals surface area contributed by atoms with Gasteiger partial charge in [0.1, 0.15) is 0 Å². The number of carbonyl (C=O) groups excluding carboxylic acids is 1. The fourth-order valence-electron chi connectivity index (χ4n) is 4.47. The maximum absolute atomic E-state index is 12.8. The number of carbonyl (C=O) groups is 1. The summed E-state index contributed by atoms with van der Waals surface area (Å²) in [4.78, 5) is 14.9. The molecule has 4 rings (SSSR count). The van der Waals surface area contributed by atoms with E-state index >= 15 is 0 Å². The van der Waals surface area contributed by atoms with Gasteiger partial charge in [0.15, 0.2) is 0 Å². The van der Waals surface area contributed by atoms with E-state index in [1.807, 2.05) is 0 Å². The van der Waals surface area contributed by atoms with Crippen molar-refractivity contribution < 1.29 is 4.79 Å². The van der Waals surface area contributed by atoms with Crippen LogP contribution in [-0.4, -0.2) is 29.9 Å². The summed E-state index contributed by atoms with van der Waals surface area (Å²) in [6.07, 6.45) is 4.52. The molecule has 1 saturated heterocycles. The maximum Gasteiger partial charge on any atom is 0.226 e. The molecule has 1 heterocycles. The Bertz CT molecular complexity index is 542. The zero-order chi connectivity index (χ0) is 13.7. The number of amides is 1. The van der Waals surface area contributed by atoms with E-state index in [1.54, 1.807) is 0 Å². The molecule has 20 heavy (non-hydrogen) atoms.